The number of nitrogens with one attached hydrogen (secondary N) is 2. The van der Waals surface area contributed by atoms with Crippen molar-refractivity contribution in [3.63, 3.8) is 0 Å². The first-order valence-electron chi connectivity index (χ1n) is 9.29. The standard InChI is InChI=1S/C21H25N5O/c1-13-5-7-15(8-6-13)26-19-11-21(3,4)10-18(16(19)12-22-26)23-20(27)17-9-14(2)24-25-17/h5-9,12,18H,10-11H2,1-4H3,(H,23,27)(H,24,25). The fourth-order valence-electron chi connectivity index (χ4n) is 3.85. The van der Waals surface area contributed by atoms with Gasteiger partial charge in [0.25, 0.3) is 5.91 Å². The van der Waals surface area contributed by atoms with Crippen LogP contribution in [-0.2, 0) is 6.42 Å². The van der Waals surface area contributed by atoms with Crippen molar-refractivity contribution in [2.75, 3.05) is 0 Å². The van der Waals surface area contributed by atoms with Crippen molar-refractivity contribution in [1.29, 1.82) is 0 Å². The number of rotatable bonds is 3. The molecule has 0 bridgehead atoms. The molecule has 2 N–H and O–H groups in total. The molecule has 2 heterocycles. The van der Waals surface area contributed by atoms with Gasteiger partial charge in [-0.2, -0.15) is 10.2 Å². The van der Waals surface area contributed by atoms with E-state index in [4.69, 9.17) is 0 Å². The number of carbonyl (C=O) groups excluding carboxylic acids is 1. The van der Waals surface area contributed by atoms with Gasteiger partial charge in [-0.25, -0.2) is 4.68 Å². The Morgan fingerprint density at radius 3 is 2.67 bits per heavy atom. The van der Waals surface area contributed by atoms with Crippen LogP contribution in [0.4, 0.5) is 0 Å². The van der Waals surface area contributed by atoms with Crippen LogP contribution in [0.2, 0.25) is 0 Å². The molecule has 3 aromatic rings. The molecule has 1 aromatic carbocycles. The molecule has 2 aromatic heterocycles. The van der Waals surface area contributed by atoms with Gasteiger partial charge in [0.2, 0.25) is 0 Å². The normalized spacial score (nSPS) is 18.1. The molecule has 1 aliphatic rings. The molecule has 6 nitrogen and oxygen atoms in total. The second kappa shape index (κ2) is 6.37. The number of aromatic amines is 1. The molecular weight excluding hydrogens is 338 g/mol. The summed E-state index contributed by atoms with van der Waals surface area (Å²) in [5.74, 6) is -0.156. The summed E-state index contributed by atoms with van der Waals surface area (Å²) in [5, 5.41) is 14.7. The number of hydrogen-bond donors (Lipinski definition) is 2. The van der Waals surface area contributed by atoms with Crippen LogP contribution in [0, 0.1) is 19.3 Å². The number of nitrogens with zero attached hydrogens (tertiary/aromatic N) is 3. The molecule has 6 heteroatoms. The number of benzene rings is 1. The predicted molar refractivity (Wildman–Crippen MR) is 104 cm³/mol. The van der Waals surface area contributed by atoms with E-state index in [1.165, 1.54) is 11.3 Å². The second-order valence-corrected chi connectivity index (χ2v) is 8.30. The minimum Gasteiger partial charge on any atom is -0.344 e. The molecule has 0 fully saturated rings. The lowest BCUT2D eigenvalue weighted by molar-refractivity contribution is 0.0914. The monoisotopic (exact) mass is 363 g/mol. The summed E-state index contributed by atoms with van der Waals surface area (Å²) in [6.45, 7) is 8.44. The fraction of sp³-hybridized carbons (Fsp3) is 0.381. The van der Waals surface area contributed by atoms with E-state index in [0.29, 0.717) is 5.69 Å². The van der Waals surface area contributed by atoms with Gasteiger partial charge >= 0.3 is 0 Å². The smallest absolute Gasteiger partial charge is 0.272 e. The Labute approximate surface area is 159 Å². The molecular formula is C21H25N5O. The number of H-pyrrole nitrogens is 1. The van der Waals surface area contributed by atoms with Crippen LogP contribution in [-0.4, -0.2) is 25.9 Å². The maximum absolute atomic E-state index is 12.6. The lowest BCUT2D eigenvalue weighted by Gasteiger charge is -2.35. The van der Waals surface area contributed by atoms with E-state index in [2.05, 4.69) is 65.6 Å². The van der Waals surface area contributed by atoms with Crippen molar-refractivity contribution >= 4 is 5.91 Å². The van der Waals surface area contributed by atoms with Crippen molar-refractivity contribution in [3.05, 3.63) is 64.7 Å². The van der Waals surface area contributed by atoms with Gasteiger partial charge in [0.05, 0.1) is 23.6 Å². The summed E-state index contributed by atoms with van der Waals surface area (Å²) in [6.07, 6.45) is 3.68. The molecule has 0 saturated carbocycles. The number of aromatic nitrogens is 4. The van der Waals surface area contributed by atoms with Crippen LogP contribution in [0.5, 0.6) is 0 Å². The predicted octanol–water partition coefficient (Wildman–Crippen LogP) is 3.66. The lowest BCUT2D eigenvalue weighted by atomic mass is 9.74. The van der Waals surface area contributed by atoms with Crippen molar-refractivity contribution < 1.29 is 4.79 Å². The summed E-state index contributed by atoms with van der Waals surface area (Å²) in [7, 11) is 0. The van der Waals surface area contributed by atoms with E-state index in [-0.39, 0.29) is 17.4 Å². The molecule has 140 valence electrons. The number of hydrogen-bond acceptors (Lipinski definition) is 3. The van der Waals surface area contributed by atoms with Crippen molar-refractivity contribution in [1.82, 2.24) is 25.3 Å². The highest BCUT2D eigenvalue weighted by molar-refractivity contribution is 5.92. The van der Waals surface area contributed by atoms with Gasteiger partial charge in [0.15, 0.2) is 0 Å². The number of amides is 1. The van der Waals surface area contributed by atoms with Crippen LogP contribution in [0.15, 0.2) is 36.5 Å². The van der Waals surface area contributed by atoms with Crippen LogP contribution in [0.25, 0.3) is 5.69 Å². The van der Waals surface area contributed by atoms with Gasteiger partial charge < -0.3 is 5.32 Å². The molecule has 0 spiro atoms. The molecule has 0 aliphatic heterocycles. The Morgan fingerprint density at radius 2 is 2.00 bits per heavy atom. The third-order valence-electron chi connectivity index (χ3n) is 5.20. The molecule has 1 amide bonds. The lowest BCUT2D eigenvalue weighted by Crippen LogP contribution is -2.37. The van der Waals surface area contributed by atoms with Gasteiger partial charge in [-0.3, -0.25) is 9.89 Å². The zero-order valence-electron chi connectivity index (χ0n) is 16.2. The summed E-state index contributed by atoms with van der Waals surface area (Å²) in [5.41, 5.74) is 5.89. The molecule has 0 radical (unpaired) electrons. The van der Waals surface area contributed by atoms with E-state index >= 15 is 0 Å². The summed E-state index contributed by atoms with van der Waals surface area (Å²) < 4.78 is 2.01. The Hall–Kier alpha value is -2.89. The number of carbonyl (C=O) groups is 1. The van der Waals surface area contributed by atoms with Gasteiger partial charge in [-0.15, -0.1) is 0 Å². The van der Waals surface area contributed by atoms with Gasteiger partial charge in [-0.1, -0.05) is 31.5 Å². The summed E-state index contributed by atoms with van der Waals surface area (Å²) >= 11 is 0. The maximum atomic E-state index is 12.6. The summed E-state index contributed by atoms with van der Waals surface area (Å²) in [6, 6.07) is 10.1. The second-order valence-electron chi connectivity index (χ2n) is 8.30. The van der Waals surface area contributed by atoms with Crippen molar-refractivity contribution in [3.8, 4) is 5.69 Å². The molecule has 1 aliphatic carbocycles. The molecule has 0 saturated heterocycles. The van der Waals surface area contributed by atoms with E-state index in [1.807, 2.05) is 17.8 Å². The topological polar surface area (TPSA) is 75.6 Å². The minimum atomic E-state index is -0.156. The van der Waals surface area contributed by atoms with E-state index in [1.54, 1.807) is 6.07 Å². The van der Waals surface area contributed by atoms with Crippen LogP contribution < -0.4 is 5.32 Å². The highest BCUT2D eigenvalue weighted by atomic mass is 16.2. The van der Waals surface area contributed by atoms with Crippen LogP contribution >= 0.6 is 0 Å². The molecule has 27 heavy (non-hydrogen) atoms. The van der Waals surface area contributed by atoms with E-state index < -0.39 is 0 Å². The minimum absolute atomic E-state index is 0.0644. The van der Waals surface area contributed by atoms with Gasteiger partial charge in [0.1, 0.15) is 5.69 Å². The Morgan fingerprint density at radius 1 is 1.26 bits per heavy atom. The quantitative estimate of drug-likeness (QED) is 0.746. The zero-order valence-corrected chi connectivity index (χ0v) is 16.2. The first-order valence-corrected chi connectivity index (χ1v) is 9.29. The molecule has 4 rings (SSSR count). The third kappa shape index (κ3) is 3.39. The fourth-order valence-corrected chi connectivity index (χ4v) is 3.85. The van der Waals surface area contributed by atoms with Crippen molar-refractivity contribution in [2.24, 2.45) is 5.41 Å². The highest BCUT2D eigenvalue weighted by Gasteiger charge is 2.36. The molecule has 1 atom stereocenters. The molecule has 1 unspecified atom stereocenters. The Balaban J connectivity index is 1.68. The van der Waals surface area contributed by atoms with Crippen LogP contribution in [0.3, 0.4) is 0 Å². The highest BCUT2D eigenvalue weighted by Crippen LogP contribution is 2.41. The Kier molecular flexibility index (Phi) is 4.13. The van der Waals surface area contributed by atoms with E-state index in [9.17, 15) is 4.79 Å². The number of fused-ring (bicyclic) bond motifs is 1. The largest absolute Gasteiger partial charge is 0.344 e. The Bertz CT molecular complexity index is 980. The number of aryl methyl sites for hydroxylation is 2. The first kappa shape index (κ1) is 17.5. The van der Waals surface area contributed by atoms with Gasteiger partial charge in [0, 0.05) is 11.3 Å². The SMILES string of the molecule is Cc1ccc(-n2ncc3c2CC(C)(C)CC3NC(=O)c2cc(C)[nH]n2)cc1. The zero-order chi connectivity index (χ0) is 19.2. The van der Waals surface area contributed by atoms with E-state index in [0.717, 1.165) is 29.8 Å². The third-order valence-corrected chi connectivity index (χ3v) is 5.20. The average Bonchev–Trinajstić information content (AvgIpc) is 3.21. The van der Waals surface area contributed by atoms with Crippen LogP contribution in [0.1, 0.15) is 59.3 Å². The van der Waals surface area contributed by atoms with Crippen molar-refractivity contribution in [2.45, 2.75) is 46.6 Å². The first-order chi connectivity index (χ1) is 12.8. The average molecular weight is 363 g/mol. The maximum Gasteiger partial charge on any atom is 0.272 e. The summed E-state index contributed by atoms with van der Waals surface area (Å²) in [4.78, 5) is 12.6. The van der Waals surface area contributed by atoms with Gasteiger partial charge in [-0.05, 0) is 50.3 Å².